The molecule has 0 aliphatic carbocycles. The van der Waals surface area contributed by atoms with Gasteiger partial charge in [-0.3, -0.25) is 19.2 Å². The molecular formula is C51H69F3N4O8. The molecule has 0 unspecified atom stereocenters. The van der Waals surface area contributed by atoms with Gasteiger partial charge in [0.2, 0.25) is 11.8 Å². The summed E-state index contributed by atoms with van der Waals surface area (Å²) in [7, 11) is 0. The van der Waals surface area contributed by atoms with Gasteiger partial charge in [-0.2, -0.15) is 13.2 Å². The van der Waals surface area contributed by atoms with Gasteiger partial charge in [-0.25, -0.2) is 9.59 Å². The molecule has 2 aromatic carbocycles. The summed E-state index contributed by atoms with van der Waals surface area (Å²) in [6, 6.07) is 16.4. The van der Waals surface area contributed by atoms with Gasteiger partial charge in [-0.15, -0.1) is 0 Å². The Kier molecular flexibility index (Phi) is 18.5. The van der Waals surface area contributed by atoms with Gasteiger partial charge in [0, 0.05) is 12.8 Å². The average Bonchev–Trinajstić information content (AvgIpc) is 4.04. The largest absolute Gasteiger partial charge is 0.490 e. The highest BCUT2D eigenvalue weighted by Crippen LogP contribution is 2.54. The van der Waals surface area contributed by atoms with Crippen molar-refractivity contribution in [2.45, 2.75) is 162 Å². The fourth-order valence-corrected chi connectivity index (χ4v) is 9.19. The summed E-state index contributed by atoms with van der Waals surface area (Å²) < 4.78 is 37.0. The topological polar surface area (TPSA) is 176 Å². The van der Waals surface area contributed by atoms with Gasteiger partial charge in [0.25, 0.3) is 0 Å². The third kappa shape index (κ3) is 13.6. The number of allylic oxidation sites excluding steroid dienone is 2. The van der Waals surface area contributed by atoms with E-state index in [0.29, 0.717) is 12.3 Å². The molecule has 6 rings (SSSR count). The Morgan fingerprint density at radius 2 is 1.03 bits per heavy atom. The zero-order valence-corrected chi connectivity index (χ0v) is 39.8. The zero-order chi connectivity index (χ0) is 49.3. The van der Waals surface area contributed by atoms with Crippen molar-refractivity contribution in [2.75, 3.05) is 0 Å². The van der Waals surface area contributed by atoms with E-state index in [-0.39, 0.29) is 71.7 Å². The molecule has 3 amide bonds. The second kappa shape index (κ2) is 22.9. The van der Waals surface area contributed by atoms with Gasteiger partial charge in [0.1, 0.15) is 11.4 Å². The van der Waals surface area contributed by atoms with Crippen LogP contribution in [0.5, 0.6) is 0 Å². The summed E-state index contributed by atoms with van der Waals surface area (Å²) in [5.74, 6) is -2.13. The first-order valence-electron chi connectivity index (χ1n) is 23.2. The number of halogens is 3. The van der Waals surface area contributed by atoms with E-state index in [4.69, 9.17) is 20.4 Å². The number of Topliss-reactive ketones (excluding diaryl/α,β-unsaturated/α-hetero) is 2. The van der Waals surface area contributed by atoms with Gasteiger partial charge < -0.3 is 30.7 Å². The lowest BCUT2D eigenvalue weighted by atomic mass is 9.86. The molecule has 0 aromatic heterocycles. The standard InChI is InChI=1S/C27H38N2O4.C22H30N2O2.C2HF3O2/c1-7-17(2)19(16-24(30)18(3)28-26(32)33-27(4,5)6)12-15-25(31)29-22-13-14-23(29)21-11-9-8-10-20(21)22;1-4-14(2)16(13-21(25)15(3)23)9-12-22(26)24-19-10-11-20(24)18-8-6-5-7-17(18)19;3-2(4,5)1(6)7/h8-12,15,17-19,22-23H,7,13-14,16H2,1-6H3,(H,28,32);5-9,12,14-16,19-20H,4,10-11,13,23H2,1-3H3;(H,6,7)/b15-12+;12-9+;/t17-,18-,19-,22-,23+;14-,15-,16-,19-,20+;/m00./s1. The molecule has 4 aliphatic heterocycles. The van der Waals surface area contributed by atoms with E-state index >= 15 is 0 Å². The molecule has 0 saturated carbocycles. The number of carbonyl (C=O) groups excluding carboxylic acids is 5. The molecule has 2 saturated heterocycles. The molecule has 4 bridgehead atoms. The predicted molar refractivity (Wildman–Crippen MR) is 246 cm³/mol. The lowest BCUT2D eigenvalue weighted by Crippen LogP contribution is -2.42. The molecule has 4 aliphatic rings. The van der Waals surface area contributed by atoms with Crippen molar-refractivity contribution in [3.8, 4) is 0 Å². The summed E-state index contributed by atoms with van der Waals surface area (Å²) >= 11 is 0. The molecule has 0 radical (unpaired) electrons. The molecular weight excluding hydrogens is 854 g/mol. The Bertz CT molecular complexity index is 2050. The maximum atomic E-state index is 13.2. The highest BCUT2D eigenvalue weighted by molar-refractivity contribution is 5.91. The molecule has 10 atom stereocenters. The Hall–Kier alpha value is -5.31. The summed E-state index contributed by atoms with van der Waals surface area (Å²) in [5, 5.41) is 9.75. The van der Waals surface area contributed by atoms with Crippen molar-refractivity contribution in [3.05, 3.63) is 95.1 Å². The molecule has 4 heterocycles. The number of ether oxygens (including phenoxy) is 1. The Morgan fingerprint density at radius 3 is 1.32 bits per heavy atom. The van der Waals surface area contributed by atoms with Crippen LogP contribution < -0.4 is 11.1 Å². The smallest absolute Gasteiger partial charge is 0.475 e. The molecule has 362 valence electrons. The number of nitrogens with two attached hydrogens (primary N) is 1. The van der Waals surface area contributed by atoms with E-state index in [1.807, 2.05) is 34.1 Å². The highest BCUT2D eigenvalue weighted by Gasteiger charge is 2.46. The number of hydrogen-bond donors (Lipinski definition) is 3. The van der Waals surface area contributed by atoms with Crippen LogP contribution in [0.25, 0.3) is 0 Å². The third-order valence-electron chi connectivity index (χ3n) is 13.3. The van der Waals surface area contributed by atoms with Crippen molar-refractivity contribution in [3.63, 3.8) is 0 Å². The number of alkyl carbamates (subject to hydrolysis) is 1. The number of fused-ring (bicyclic) bond motifs is 10. The molecule has 2 aromatic rings. The normalized spacial score (nSPS) is 21.9. The van der Waals surface area contributed by atoms with E-state index in [1.165, 1.54) is 22.3 Å². The number of ketones is 2. The van der Waals surface area contributed by atoms with Crippen molar-refractivity contribution in [2.24, 2.45) is 29.4 Å². The minimum atomic E-state index is -5.08. The summed E-state index contributed by atoms with van der Waals surface area (Å²) in [4.78, 5) is 76.0. The molecule has 12 nitrogen and oxygen atoms in total. The van der Waals surface area contributed by atoms with E-state index in [9.17, 15) is 37.1 Å². The van der Waals surface area contributed by atoms with Crippen LogP contribution in [0.15, 0.2) is 72.8 Å². The van der Waals surface area contributed by atoms with Crippen LogP contribution in [-0.4, -0.2) is 74.2 Å². The summed E-state index contributed by atoms with van der Waals surface area (Å²) in [6.45, 7) is 17.2. The van der Waals surface area contributed by atoms with E-state index in [2.05, 4.69) is 69.4 Å². The van der Waals surface area contributed by atoms with Gasteiger partial charge in [0.15, 0.2) is 5.78 Å². The number of amides is 3. The van der Waals surface area contributed by atoms with Crippen LogP contribution in [-0.2, 0) is 28.7 Å². The first kappa shape index (κ1) is 53.3. The summed E-state index contributed by atoms with van der Waals surface area (Å²) in [5.41, 5.74) is 10.2. The Morgan fingerprint density at radius 1 is 0.697 bits per heavy atom. The SMILES string of the molecule is CC[C@H](C)[C@@H](/C=C/C(=O)N1[C@@H]2CC[C@H]1c1ccccc12)CC(=O)[C@H](C)N.CC[C@H](C)[C@@H](/C=C/C(=O)N1[C@@H]2CC[C@H]1c1ccccc12)CC(=O)[C@H](C)NC(=O)OC(C)(C)C.O=C(O)C(F)(F)F. The molecule has 15 heteroatoms. The average molecular weight is 923 g/mol. The number of carboxylic acid groups (broad SMARTS) is 1. The number of aliphatic carboxylic acids is 1. The molecule has 66 heavy (non-hydrogen) atoms. The first-order valence-corrected chi connectivity index (χ1v) is 23.2. The number of hydrogen-bond acceptors (Lipinski definition) is 8. The monoisotopic (exact) mass is 923 g/mol. The molecule has 2 fully saturated rings. The fourth-order valence-electron chi connectivity index (χ4n) is 9.19. The van der Waals surface area contributed by atoms with Gasteiger partial charge in [-0.1, -0.05) is 101 Å². The highest BCUT2D eigenvalue weighted by atomic mass is 19.4. The van der Waals surface area contributed by atoms with Crippen LogP contribution in [0.1, 0.15) is 160 Å². The van der Waals surface area contributed by atoms with Crippen LogP contribution in [0, 0.1) is 23.7 Å². The van der Waals surface area contributed by atoms with Crippen molar-refractivity contribution in [1.29, 1.82) is 0 Å². The number of nitrogens with one attached hydrogen (secondary N) is 1. The van der Waals surface area contributed by atoms with Crippen molar-refractivity contribution < 1.29 is 51.8 Å². The minimum absolute atomic E-state index is 0.0133. The zero-order valence-electron chi connectivity index (χ0n) is 39.8. The first-order chi connectivity index (χ1) is 30.9. The van der Waals surface area contributed by atoms with Crippen LogP contribution >= 0.6 is 0 Å². The second-order valence-electron chi connectivity index (χ2n) is 19.1. The Labute approximate surface area is 387 Å². The quantitative estimate of drug-likeness (QED) is 0.147. The van der Waals surface area contributed by atoms with E-state index < -0.39 is 35.9 Å². The van der Waals surface area contributed by atoms with Crippen molar-refractivity contribution >= 4 is 35.4 Å². The van der Waals surface area contributed by atoms with Crippen LogP contribution in [0.2, 0.25) is 0 Å². The minimum Gasteiger partial charge on any atom is -0.475 e. The van der Waals surface area contributed by atoms with Crippen LogP contribution in [0.3, 0.4) is 0 Å². The lowest BCUT2D eigenvalue weighted by Gasteiger charge is -2.24. The maximum Gasteiger partial charge on any atom is 0.490 e. The lowest BCUT2D eigenvalue weighted by molar-refractivity contribution is -0.192. The van der Waals surface area contributed by atoms with E-state index in [1.54, 1.807) is 46.8 Å². The molecule has 0 spiro atoms. The summed E-state index contributed by atoms with van der Waals surface area (Å²) in [6.07, 6.45) is 8.14. The number of carboxylic acids is 1. The second-order valence-corrected chi connectivity index (χ2v) is 19.1. The van der Waals surface area contributed by atoms with Gasteiger partial charge in [-0.05, 0) is 118 Å². The number of carbonyl (C=O) groups is 6. The van der Waals surface area contributed by atoms with Crippen molar-refractivity contribution in [1.82, 2.24) is 15.1 Å². The number of nitrogens with zero attached hydrogens (tertiary/aromatic N) is 2. The number of alkyl halides is 3. The van der Waals surface area contributed by atoms with Gasteiger partial charge >= 0.3 is 18.2 Å². The Balaban J connectivity index is 0.000000257. The third-order valence-corrected chi connectivity index (χ3v) is 13.3. The predicted octanol–water partition coefficient (Wildman–Crippen LogP) is 10.1. The van der Waals surface area contributed by atoms with Crippen LogP contribution in [0.4, 0.5) is 18.0 Å². The van der Waals surface area contributed by atoms with Gasteiger partial charge in [0.05, 0.1) is 36.3 Å². The molecule has 4 N–H and O–H groups in total. The fraction of sp³-hybridized carbons (Fsp3) is 0.569. The number of rotatable bonds is 15. The van der Waals surface area contributed by atoms with E-state index in [0.717, 1.165) is 38.5 Å². The maximum absolute atomic E-state index is 13.2. The number of benzene rings is 2.